The van der Waals surface area contributed by atoms with Crippen molar-refractivity contribution in [2.75, 3.05) is 45.8 Å². The minimum Gasteiger partial charge on any atom is -0.495 e. The van der Waals surface area contributed by atoms with Crippen LogP contribution in [0, 0.1) is 0 Å². The van der Waals surface area contributed by atoms with E-state index < -0.39 is 0 Å². The second-order valence-electron chi connectivity index (χ2n) is 8.67. The number of methoxy groups -OCH3 is 1. The standard InChI is InChI=1S/C23H29N7O3/c1-15(31)29-6-7-33-14-19(29)13-30-22-18(11-25-30)10-24-23(27-22)26-20-8-17-12-28(2)5-4-16(17)9-21(20)32-3/h8-11,19H,4-7,12-14H2,1-3H3,(H,24,26,27)/t19-/m1/s1. The van der Waals surface area contributed by atoms with E-state index in [0.29, 0.717) is 37.9 Å². The fourth-order valence-corrected chi connectivity index (χ4v) is 4.60. The zero-order valence-electron chi connectivity index (χ0n) is 19.2. The van der Waals surface area contributed by atoms with Crippen molar-refractivity contribution in [2.24, 2.45) is 0 Å². The molecule has 1 amide bonds. The molecule has 2 aliphatic heterocycles. The monoisotopic (exact) mass is 451 g/mol. The third kappa shape index (κ3) is 4.36. The van der Waals surface area contributed by atoms with Crippen molar-refractivity contribution >= 4 is 28.6 Å². The molecular formula is C23H29N7O3. The van der Waals surface area contributed by atoms with Crippen LogP contribution in [0.15, 0.2) is 24.5 Å². The number of hydrogen-bond acceptors (Lipinski definition) is 8. The van der Waals surface area contributed by atoms with E-state index in [0.717, 1.165) is 36.3 Å². The van der Waals surface area contributed by atoms with Gasteiger partial charge in [0.25, 0.3) is 0 Å². The summed E-state index contributed by atoms with van der Waals surface area (Å²) in [6, 6.07) is 4.15. The average molecular weight is 452 g/mol. The molecule has 174 valence electrons. The highest BCUT2D eigenvalue weighted by atomic mass is 16.5. The Morgan fingerprint density at radius 1 is 1.27 bits per heavy atom. The number of nitrogens with zero attached hydrogens (tertiary/aromatic N) is 6. The van der Waals surface area contributed by atoms with Crippen LogP contribution in [0.5, 0.6) is 5.75 Å². The third-order valence-electron chi connectivity index (χ3n) is 6.36. The third-order valence-corrected chi connectivity index (χ3v) is 6.36. The quantitative estimate of drug-likeness (QED) is 0.627. The van der Waals surface area contributed by atoms with Crippen LogP contribution in [-0.2, 0) is 29.0 Å². The van der Waals surface area contributed by atoms with Gasteiger partial charge in [-0.25, -0.2) is 9.67 Å². The van der Waals surface area contributed by atoms with Crippen molar-refractivity contribution in [1.82, 2.24) is 29.5 Å². The Bertz CT molecular complexity index is 1180. The molecule has 5 rings (SSSR count). The predicted octanol–water partition coefficient (Wildman–Crippen LogP) is 1.81. The SMILES string of the molecule is COc1cc2c(cc1Nc1ncc3cnn(C[C@@H]4COCCN4C(C)=O)c3n1)CN(C)CC2. The van der Waals surface area contributed by atoms with E-state index in [1.165, 1.54) is 11.1 Å². The van der Waals surface area contributed by atoms with Crippen LogP contribution in [-0.4, -0.2) is 82.0 Å². The average Bonchev–Trinajstić information content (AvgIpc) is 3.20. The lowest BCUT2D eigenvalue weighted by molar-refractivity contribution is -0.138. The molecule has 1 saturated heterocycles. The highest BCUT2D eigenvalue weighted by Crippen LogP contribution is 2.33. The molecule has 0 aliphatic carbocycles. The number of nitrogens with one attached hydrogen (secondary N) is 1. The second-order valence-corrected chi connectivity index (χ2v) is 8.67. The molecule has 2 aromatic heterocycles. The summed E-state index contributed by atoms with van der Waals surface area (Å²) in [4.78, 5) is 25.4. The van der Waals surface area contributed by atoms with E-state index in [1.54, 1.807) is 26.4 Å². The highest BCUT2D eigenvalue weighted by molar-refractivity contribution is 5.76. The summed E-state index contributed by atoms with van der Waals surface area (Å²) < 4.78 is 13.1. The van der Waals surface area contributed by atoms with E-state index in [-0.39, 0.29) is 11.9 Å². The maximum atomic E-state index is 12.0. The van der Waals surface area contributed by atoms with E-state index in [9.17, 15) is 4.79 Å². The second kappa shape index (κ2) is 8.95. The van der Waals surface area contributed by atoms with Crippen LogP contribution in [0.1, 0.15) is 18.1 Å². The number of ether oxygens (including phenoxy) is 2. The normalized spacial score (nSPS) is 18.9. The highest BCUT2D eigenvalue weighted by Gasteiger charge is 2.26. The molecule has 1 atom stereocenters. The van der Waals surface area contributed by atoms with E-state index in [2.05, 4.69) is 39.5 Å². The van der Waals surface area contributed by atoms with Crippen molar-refractivity contribution < 1.29 is 14.3 Å². The molecule has 10 heteroatoms. The van der Waals surface area contributed by atoms with Crippen molar-refractivity contribution in [1.29, 1.82) is 0 Å². The van der Waals surface area contributed by atoms with Crippen molar-refractivity contribution in [3.8, 4) is 5.75 Å². The van der Waals surface area contributed by atoms with Crippen molar-refractivity contribution in [2.45, 2.75) is 32.5 Å². The molecule has 0 bridgehead atoms. The first kappa shape index (κ1) is 21.6. The smallest absolute Gasteiger partial charge is 0.229 e. The van der Waals surface area contributed by atoms with Gasteiger partial charge in [0.05, 0.1) is 50.2 Å². The molecule has 1 aromatic carbocycles. The summed E-state index contributed by atoms with van der Waals surface area (Å²) in [7, 11) is 3.80. The summed E-state index contributed by atoms with van der Waals surface area (Å²) in [5, 5.41) is 8.66. The zero-order valence-corrected chi connectivity index (χ0v) is 19.2. The van der Waals surface area contributed by atoms with Crippen LogP contribution in [0.2, 0.25) is 0 Å². The summed E-state index contributed by atoms with van der Waals surface area (Å²) in [5.74, 6) is 1.28. The maximum Gasteiger partial charge on any atom is 0.229 e. The van der Waals surface area contributed by atoms with Gasteiger partial charge in [0, 0.05) is 32.8 Å². The summed E-state index contributed by atoms with van der Waals surface area (Å²) in [6.45, 7) is 5.68. The molecule has 10 nitrogen and oxygen atoms in total. The molecule has 0 saturated carbocycles. The van der Waals surface area contributed by atoms with Gasteiger partial charge in [-0.2, -0.15) is 10.1 Å². The number of amides is 1. The maximum absolute atomic E-state index is 12.0. The topological polar surface area (TPSA) is 97.6 Å². The van der Waals surface area contributed by atoms with E-state index in [1.807, 2.05) is 9.58 Å². The Hall–Kier alpha value is -3.24. The number of likely N-dealkylation sites (N-methyl/N-ethyl adjacent to an activating group) is 1. The number of benzene rings is 1. The Balaban J connectivity index is 1.42. The lowest BCUT2D eigenvalue weighted by Crippen LogP contribution is -2.49. The Kier molecular flexibility index (Phi) is 5.86. The van der Waals surface area contributed by atoms with Gasteiger partial charge in [-0.3, -0.25) is 4.79 Å². The first-order chi connectivity index (χ1) is 16.0. The van der Waals surface area contributed by atoms with Crippen LogP contribution >= 0.6 is 0 Å². The van der Waals surface area contributed by atoms with Crippen LogP contribution in [0.4, 0.5) is 11.6 Å². The summed E-state index contributed by atoms with van der Waals surface area (Å²) in [5.41, 5.74) is 4.13. The number of aromatic nitrogens is 4. The minimum atomic E-state index is -0.0801. The summed E-state index contributed by atoms with van der Waals surface area (Å²) in [6.07, 6.45) is 4.51. The predicted molar refractivity (Wildman–Crippen MR) is 124 cm³/mol. The number of carbonyl (C=O) groups is 1. The lowest BCUT2D eigenvalue weighted by Gasteiger charge is -2.34. The van der Waals surface area contributed by atoms with Gasteiger partial charge in [-0.1, -0.05) is 0 Å². The van der Waals surface area contributed by atoms with Gasteiger partial charge in [-0.15, -0.1) is 0 Å². The number of hydrogen-bond donors (Lipinski definition) is 1. The van der Waals surface area contributed by atoms with Gasteiger partial charge >= 0.3 is 0 Å². The van der Waals surface area contributed by atoms with Gasteiger partial charge < -0.3 is 24.6 Å². The molecule has 0 radical (unpaired) electrons. The van der Waals surface area contributed by atoms with Gasteiger partial charge in [-0.05, 0) is 36.7 Å². The largest absolute Gasteiger partial charge is 0.495 e. The summed E-state index contributed by atoms with van der Waals surface area (Å²) >= 11 is 0. The molecule has 2 aliphatic rings. The Morgan fingerprint density at radius 3 is 2.97 bits per heavy atom. The molecule has 1 fully saturated rings. The molecule has 1 N–H and O–H groups in total. The Morgan fingerprint density at radius 2 is 2.15 bits per heavy atom. The van der Waals surface area contributed by atoms with Gasteiger partial charge in [0.1, 0.15) is 5.75 Å². The van der Waals surface area contributed by atoms with Crippen LogP contribution < -0.4 is 10.1 Å². The van der Waals surface area contributed by atoms with E-state index >= 15 is 0 Å². The lowest BCUT2D eigenvalue weighted by atomic mass is 9.99. The number of rotatable bonds is 5. The Labute approximate surface area is 192 Å². The molecule has 3 aromatic rings. The zero-order chi connectivity index (χ0) is 22.9. The van der Waals surface area contributed by atoms with Crippen LogP contribution in [0.3, 0.4) is 0 Å². The number of carbonyl (C=O) groups excluding carboxylic acids is 1. The van der Waals surface area contributed by atoms with Crippen molar-refractivity contribution in [3.63, 3.8) is 0 Å². The van der Waals surface area contributed by atoms with Crippen molar-refractivity contribution in [3.05, 3.63) is 35.7 Å². The van der Waals surface area contributed by atoms with Crippen LogP contribution in [0.25, 0.3) is 11.0 Å². The molecule has 0 unspecified atom stereocenters. The fourth-order valence-electron chi connectivity index (χ4n) is 4.60. The number of morpholine rings is 1. The molecule has 4 heterocycles. The minimum absolute atomic E-state index is 0.0434. The molecular weight excluding hydrogens is 422 g/mol. The van der Waals surface area contributed by atoms with Gasteiger partial charge in [0.15, 0.2) is 5.65 Å². The molecule has 33 heavy (non-hydrogen) atoms. The van der Waals surface area contributed by atoms with E-state index in [4.69, 9.17) is 14.5 Å². The number of anilines is 2. The first-order valence-electron chi connectivity index (χ1n) is 11.2. The molecule has 0 spiro atoms. The van der Waals surface area contributed by atoms with Gasteiger partial charge in [0.2, 0.25) is 11.9 Å². The first-order valence-corrected chi connectivity index (χ1v) is 11.2. The number of fused-ring (bicyclic) bond motifs is 2. The fraction of sp³-hybridized carbons (Fsp3) is 0.478.